The highest BCUT2D eigenvalue weighted by atomic mass is 35.5. The SMILES string of the molecule is CC(C)(C)NCCCc1ncc(-c2ccc(Cl)o2)o1. The Hall–Kier alpha value is -1.26. The molecule has 0 bridgehead atoms. The van der Waals surface area contributed by atoms with Gasteiger partial charge in [-0.2, -0.15) is 0 Å². The maximum absolute atomic E-state index is 5.73. The van der Waals surface area contributed by atoms with Crippen molar-refractivity contribution in [3.05, 3.63) is 29.4 Å². The molecule has 2 rings (SSSR count). The van der Waals surface area contributed by atoms with Crippen LogP contribution in [0.5, 0.6) is 0 Å². The van der Waals surface area contributed by atoms with E-state index in [0.717, 1.165) is 25.3 Å². The summed E-state index contributed by atoms with van der Waals surface area (Å²) in [5, 5.41) is 3.78. The molecule has 2 aromatic rings. The second kappa shape index (κ2) is 5.80. The smallest absolute Gasteiger partial charge is 0.195 e. The maximum Gasteiger partial charge on any atom is 0.195 e. The standard InChI is InChI=1S/C14H19ClN2O2/c1-14(2,3)17-8-4-5-13-16-9-11(19-13)10-6-7-12(15)18-10/h6-7,9,17H,4-5,8H2,1-3H3. The van der Waals surface area contributed by atoms with Gasteiger partial charge in [-0.25, -0.2) is 4.98 Å². The summed E-state index contributed by atoms with van der Waals surface area (Å²) in [5.74, 6) is 1.94. The third-order valence-corrected chi connectivity index (χ3v) is 2.80. The number of hydrogen-bond donors (Lipinski definition) is 1. The van der Waals surface area contributed by atoms with E-state index >= 15 is 0 Å². The molecule has 0 unspecified atom stereocenters. The van der Waals surface area contributed by atoms with Crippen molar-refractivity contribution in [2.45, 2.75) is 39.2 Å². The molecule has 0 fully saturated rings. The quantitative estimate of drug-likeness (QED) is 0.845. The summed E-state index contributed by atoms with van der Waals surface area (Å²) in [6.45, 7) is 7.39. The van der Waals surface area contributed by atoms with Gasteiger partial charge in [-0.15, -0.1) is 0 Å². The highest BCUT2D eigenvalue weighted by molar-refractivity contribution is 6.28. The molecule has 104 valence electrons. The number of rotatable bonds is 5. The summed E-state index contributed by atoms with van der Waals surface area (Å²) in [4.78, 5) is 4.24. The lowest BCUT2D eigenvalue weighted by atomic mass is 10.1. The Morgan fingerprint density at radius 1 is 1.21 bits per heavy atom. The average Bonchev–Trinajstić information content (AvgIpc) is 2.92. The number of nitrogens with one attached hydrogen (secondary N) is 1. The molecule has 0 atom stereocenters. The van der Waals surface area contributed by atoms with E-state index in [1.54, 1.807) is 18.3 Å². The molecule has 2 heterocycles. The van der Waals surface area contributed by atoms with Gasteiger partial charge in [0.05, 0.1) is 6.20 Å². The number of oxazole rings is 1. The Kier molecular flexibility index (Phi) is 4.32. The summed E-state index contributed by atoms with van der Waals surface area (Å²) in [5.41, 5.74) is 0.146. The zero-order valence-corrected chi connectivity index (χ0v) is 12.3. The summed E-state index contributed by atoms with van der Waals surface area (Å²) in [6.07, 6.45) is 3.45. The van der Waals surface area contributed by atoms with Gasteiger partial charge in [0.1, 0.15) is 0 Å². The number of aryl methyl sites for hydroxylation is 1. The lowest BCUT2D eigenvalue weighted by Crippen LogP contribution is -2.36. The van der Waals surface area contributed by atoms with E-state index in [9.17, 15) is 0 Å². The fourth-order valence-corrected chi connectivity index (χ4v) is 1.84. The number of furan rings is 1. The van der Waals surface area contributed by atoms with E-state index < -0.39 is 0 Å². The van der Waals surface area contributed by atoms with Gasteiger partial charge in [0.25, 0.3) is 0 Å². The van der Waals surface area contributed by atoms with E-state index in [1.807, 2.05) is 0 Å². The summed E-state index contributed by atoms with van der Waals surface area (Å²) in [7, 11) is 0. The van der Waals surface area contributed by atoms with E-state index in [0.29, 0.717) is 16.7 Å². The van der Waals surface area contributed by atoms with Crippen molar-refractivity contribution in [1.82, 2.24) is 10.3 Å². The summed E-state index contributed by atoms with van der Waals surface area (Å²) < 4.78 is 10.9. The van der Waals surface area contributed by atoms with Gasteiger partial charge in [0, 0.05) is 12.0 Å². The lowest BCUT2D eigenvalue weighted by Gasteiger charge is -2.19. The van der Waals surface area contributed by atoms with E-state index in [-0.39, 0.29) is 5.54 Å². The first-order chi connectivity index (χ1) is 8.94. The minimum Gasteiger partial charge on any atom is -0.441 e. The van der Waals surface area contributed by atoms with Crippen LogP contribution in [-0.2, 0) is 6.42 Å². The van der Waals surface area contributed by atoms with Crippen LogP contribution >= 0.6 is 11.6 Å². The fraction of sp³-hybridized carbons (Fsp3) is 0.500. The molecule has 0 saturated heterocycles. The molecule has 5 heteroatoms. The number of nitrogens with zero attached hydrogens (tertiary/aromatic N) is 1. The van der Waals surface area contributed by atoms with Gasteiger partial charge >= 0.3 is 0 Å². The van der Waals surface area contributed by atoms with Crippen LogP contribution in [0.15, 0.2) is 27.2 Å². The van der Waals surface area contributed by atoms with Crippen molar-refractivity contribution in [2.75, 3.05) is 6.54 Å². The Balaban J connectivity index is 1.85. The predicted octanol–water partition coefficient (Wildman–Crippen LogP) is 3.91. The van der Waals surface area contributed by atoms with E-state index in [1.165, 1.54) is 0 Å². The molecule has 0 radical (unpaired) electrons. The third kappa shape index (κ3) is 4.40. The Morgan fingerprint density at radius 2 is 2.00 bits per heavy atom. The monoisotopic (exact) mass is 282 g/mol. The van der Waals surface area contributed by atoms with Crippen LogP contribution < -0.4 is 5.32 Å². The maximum atomic E-state index is 5.73. The molecule has 0 amide bonds. The Morgan fingerprint density at radius 3 is 2.63 bits per heavy atom. The van der Waals surface area contributed by atoms with Gasteiger partial charge in [-0.05, 0) is 57.5 Å². The number of aromatic nitrogens is 1. The molecule has 1 N–H and O–H groups in total. The van der Waals surface area contributed by atoms with Crippen LogP contribution in [0, 0.1) is 0 Å². The number of hydrogen-bond acceptors (Lipinski definition) is 4. The molecule has 2 aromatic heterocycles. The van der Waals surface area contributed by atoms with Crippen molar-refractivity contribution in [3.63, 3.8) is 0 Å². The molecule has 0 saturated carbocycles. The van der Waals surface area contributed by atoms with Crippen LogP contribution in [0.2, 0.25) is 5.22 Å². The second-order valence-electron chi connectivity index (χ2n) is 5.50. The van der Waals surface area contributed by atoms with Gasteiger partial charge in [0.15, 0.2) is 22.6 Å². The average molecular weight is 283 g/mol. The van der Waals surface area contributed by atoms with E-state index in [2.05, 4.69) is 31.1 Å². The molecule has 0 spiro atoms. The van der Waals surface area contributed by atoms with Crippen LogP contribution in [0.4, 0.5) is 0 Å². The molecule has 0 aliphatic heterocycles. The topological polar surface area (TPSA) is 51.2 Å². The summed E-state index contributed by atoms with van der Waals surface area (Å²) >= 11 is 5.73. The first kappa shape index (κ1) is 14.2. The molecule has 0 aliphatic carbocycles. The minimum atomic E-state index is 0.146. The van der Waals surface area contributed by atoms with Gasteiger partial charge in [-0.1, -0.05) is 0 Å². The van der Waals surface area contributed by atoms with Crippen LogP contribution in [0.3, 0.4) is 0 Å². The van der Waals surface area contributed by atoms with Gasteiger partial charge < -0.3 is 14.2 Å². The fourth-order valence-electron chi connectivity index (χ4n) is 1.69. The molecule has 0 aliphatic rings. The van der Waals surface area contributed by atoms with Crippen molar-refractivity contribution < 1.29 is 8.83 Å². The number of halogens is 1. The van der Waals surface area contributed by atoms with Gasteiger partial charge in [-0.3, -0.25) is 0 Å². The molecule has 19 heavy (non-hydrogen) atoms. The zero-order chi connectivity index (χ0) is 13.9. The molecular formula is C14H19ClN2O2. The van der Waals surface area contributed by atoms with Crippen LogP contribution in [0.25, 0.3) is 11.5 Å². The van der Waals surface area contributed by atoms with Gasteiger partial charge in [0.2, 0.25) is 0 Å². The van der Waals surface area contributed by atoms with E-state index in [4.69, 9.17) is 20.4 Å². The van der Waals surface area contributed by atoms with Crippen molar-refractivity contribution in [2.24, 2.45) is 0 Å². The zero-order valence-electron chi connectivity index (χ0n) is 11.5. The van der Waals surface area contributed by atoms with Crippen LogP contribution in [-0.4, -0.2) is 17.1 Å². The summed E-state index contributed by atoms with van der Waals surface area (Å²) in [6, 6.07) is 3.46. The Bertz CT molecular complexity index is 526. The Labute approximate surface area is 118 Å². The highest BCUT2D eigenvalue weighted by Crippen LogP contribution is 2.25. The second-order valence-corrected chi connectivity index (χ2v) is 5.87. The molecule has 4 nitrogen and oxygen atoms in total. The van der Waals surface area contributed by atoms with Crippen molar-refractivity contribution in [1.29, 1.82) is 0 Å². The highest BCUT2D eigenvalue weighted by Gasteiger charge is 2.11. The first-order valence-electron chi connectivity index (χ1n) is 6.39. The molecular weight excluding hydrogens is 264 g/mol. The molecule has 0 aromatic carbocycles. The van der Waals surface area contributed by atoms with Crippen molar-refractivity contribution in [3.8, 4) is 11.5 Å². The van der Waals surface area contributed by atoms with Crippen LogP contribution in [0.1, 0.15) is 33.1 Å². The predicted molar refractivity (Wildman–Crippen MR) is 75.3 cm³/mol. The van der Waals surface area contributed by atoms with Crippen molar-refractivity contribution >= 4 is 11.6 Å². The lowest BCUT2D eigenvalue weighted by molar-refractivity contribution is 0.411. The minimum absolute atomic E-state index is 0.146. The normalized spacial score (nSPS) is 12.0. The largest absolute Gasteiger partial charge is 0.441 e. The first-order valence-corrected chi connectivity index (χ1v) is 6.77. The third-order valence-electron chi connectivity index (χ3n) is 2.59.